The van der Waals surface area contributed by atoms with Crippen LogP contribution in [-0.2, 0) is 16.5 Å². The van der Waals surface area contributed by atoms with Gasteiger partial charge in [-0.15, -0.1) is 0 Å². The monoisotopic (exact) mass is 255 g/mol. The van der Waals surface area contributed by atoms with Crippen molar-refractivity contribution in [2.75, 3.05) is 0 Å². The minimum Gasteiger partial charge on any atom is -0.447 e. The summed E-state index contributed by atoms with van der Waals surface area (Å²) >= 11 is 0. The highest BCUT2D eigenvalue weighted by molar-refractivity contribution is 7.85. The van der Waals surface area contributed by atoms with Crippen LogP contribution in [-0.4, -0.2) is 18.0 Å². The van der Waals surface area contributed by atoms with Gasteiger partial charge in [0.2, 0.25) is 5.09 Å². The van der Waals surface area contributed by atoms with Gasteiger partial charge in [-0.05, 0) is 24.3 Å². The summed E-state index contributed by atoms with van der Waals surface area (Å²) < 4.78 is 34.1. The molecule has 0 aliphatic carbocycles. The molecule has 0 atom stereocenters. The Balaban J connectivity index is 0.000000202. The number of rotatable bonds is 2. The molecule has 0 unspecified atom stereocenters. The van der Waals surface area contributed by atoms with E-state index in [1.54, 1.807) is 12.4 Å². The number of aryl methyl sites for hydroxylation is 1. The molecule has 0 fully saturated rings. The van der Waals surface area contributed by atoms with E-state index in [0.29, 0.717) is 12.2 Å². The lowest BCUT2D eigenvalue weighted by atomic mass is 10.4. The normalized spacial score (nSPS) is 10.5. The first-order valence-corrected chi connectivity index (χ1v) is 6.39. The SMILES string of the molecule is CCc1ccc(S(=O)(=O)O)o1.c1ccncc1. The zero-order chi connectivity index (χ0) is 12.7. The van der Waals surface area contributed by atoms with Crippen LogP contribution in [0.1, 0.15) is 12.7 Å². The summed E-state index contributed by atoms with van der Waals surface area (Å²) in [6.07, 6.45) is 4.11. The van der Waals surface area contributed by atoms with E-state index in [1.807, 2.05) is 25.1 Å². The molecule has 1 N–H and O–H groups in total. The molecular formula is C11H13NO4S. The van der Waals surface area contributed by atoms with Crippen LogP contribution in [0.4, 0.5) is 0 Å². The summed E-state index contributed by atoms with van der Waals surface area (Å²) in [7, 11) is -4.16. The van der Waals surface area contributed by atoms with Crippen molar-refractivity contribution in [1.82, 2.24) is 4.98 Å². The molecule has 2 rings (SSSR count). The average Bonchev–Trinajstić information content (AvgIpc) is 2.80. The predicted molar refractivity (Wildman–Crippen MR) is 62.1 cm³/mol. The molecular weight excluding hydrogens is 242 g/mol. The van der Waals surface area contributed by atoms with E-state index >= 15 is 0 Å². The minimum atomic E-state index is -4.16. The van der Waals surface area contributed by atoms with Crippen LogP contribution < -0.4 is 0 Å². The first-order valence-electron chi connectivity index (χ1n) is 4.95. The third-order valence-electron chi connectivity index (χ3n) is 1.81. The number of pyridine rings is 1. The lowest BCUT2D eigenvalue weighted by molar-refractivity contribution is 0.387. The fourth-order valence-corrected chi connectivity index (χ4v) is 1.45. The molecule has 92 valence electrons. The zero-order valence-electron chi connectivity index (χ0n) is 9.28. The van der Waals surface area contributed by atoms with Crippen LogP contribution in [0.15, 0.2) is 52.2 Å². The minimum absolute atomic E-state index is 0.394. The molecule has 2 heterocycles. The van der Waals surface area contributed by atoms with Gasteiger partial charge in [0.1, 0.15) is 5.76 Å². The molecule has 0 amide bonds. The van der Waals surface area contributed by atoms with Crippen molar-refractivity contribution in [3.05, 3.63) is 48.5 Å². The van der Waals surface area contributed by atoms with Gasteiger partial charge >= 0.3 is 10.1 Å². The number of aromatic nitrogens is 1. The number of nitrogens with zero attached hydrogens (tertiary/aromatic N) is 1. The topological polar surface area (TPSA) is 80.4 Å². The molecule has 17 heavy (non-hydrogen) atoms. The van der Waals surface area contributed by atoms with Crippen molar-refractivity contribution in [1.29, 1.82) is 0 Å². The van der Waals surface area contributed by atoms with Gasteiger partial charge in [-0.25, -0.2) is 0 Å². The molecule has 0 radical (unpaired) electrons. The fraction of sp³-hybridized carbons (Fsp3) is 0.182. The molecule has 0 spiro atoms. The maximum absolute atomic E-state index is 10.4. The summed E-state index contributed by atoms with van der Waals surface area (Å²) in [5.74, 6) is 0.539. The van der Waals surface area contributed by atoms with Gasteiger partial charge in [-0.1, -0.05) is 13.0 Å². The Morgan fingerprint density at radius 1 is 1.24 bits per heavy atom. The van der Waals surface area contributed by atoms with Crippen molar-refractivity contribution in [3.63, 3.8) is 0 Å². The molecule has 2 aromatic rings. The van der Waals surface area contributed by atoms with Gasteiger partial charge in [0.05, 0.1) is 0 Å². The molecule has 0 bridgehead atoms. The van der Waals surface area contributed by atoms with Crippen LogP contribution >= 0.6 is 0 Å². The van der Waals surface area contributed by atoms with Gasteiger partial charge in [0.15, 0.2) is 0 Å². The highest BCUT2D eigenvalue weighted by Gasteiger charge is 2.13. The lowest BCUT2D eigenvalue weighted by Crippen LogP contribution is -1.94. The maximum atomic E-state index is 10.4. The second-order valence-corrected chi connectivity index (χ2v) is 4.43. The third kappa shape index (κ3) is 4.80. The average molecular weight is 255 g/mol. The second kappa shape index (κ2) is 6.17. The van der Waals surface area contributed by atoms with E-state index in [-0.39, 0.29) is 0 Å². The first kappa shape index (κ1) is 13.4. The molecule has 0 aliphatic heterocycles. The predicted octanol–water partition coefficient (Wildman–Crippen LogP) is 2.17. The van der Waals surface area contributed by atoms with Crippen molar-refractivity contribution < 1.29 is 17.4 Å². The Morgan fingerprint density at radius 2 is 1.88 bits per heavy atom. The standard InChI is InChI=1S/C6H8O4S.C5H5N/c1-2-5-3-4-6(10-5)11(7,8)9;1-2-4-6-5-3-1/h3-4H,2H2,1H3,(H,7,8,9);1-5H. The largest absolute Gasteiger partial charge is 0.447 e. The third-order valence-corrected chi connectivity index (χ3v) is 2.53. The summed E-state index contributed by atoms with van der Waals surface area (Å²) in [6, 6.07) is 8.46. The van der Waals surface area contributed by atoms with Gasteiger partial charge < -0.3 is 4.42 Å². The Hall–Kier alpha value is -1.66. The van der Waals surface area contributed by atoms with Crippen LogP contribution in [0.25, 0.3) is 0 Å². The van der Waals surface area contributed by atoms with Crippen LogP contribution in [0, 0.1) is 0 Å². The van der Waals surface area contributed by atoms with Crippen molar-refractivity contribution in [2.45, 2.75) is 18.4 Å². The Morgan fingerprint density at radius 3 is 2.12 bits per heavy atom. The summed E-state index contributed by atoms with van der Waals surface area (Å²) in [5, 5.41) is -0.394. The first-order chi connectivity index (χ1) is 8.04. The quantitative estimate of drug-likeness (QED) is 0.832. The Bertz CT molecular complexity index is 507. The van der Waals surface area contributed by atoms with Gasteiger partial charge in [0.25, 0.3) is 0 Å². The van der Waals surface area contributed by atoms with Gasteiger partial charge in [0, 0.05) is 18.8 Å². The summed E-state index contributed by atoms with van der Waals surface area (Å²) in [6.45, 7) is 1.83. The zero-order valence-corrected chi connectivity index (χ0v) is 10.1. The van der Waals surface area contributed by atoms with E-state index in [1.165, 1.54) is 12.1 Å². The number of furan rings is 1. The lowest BCUT2D eigenvalue weighted by Gasteiger charge is -1.88. The molecule has 5 nitrogen and oxygen atoms in total. The van der Waals surface area contributed by atoms with Crippen molar-refractivity contribution >= 4 is 10.1 Å². The van der Waals surface area contributed by atoms with E-state index in [9.17, 15) is 8.42 Å². The van der Waals surface area contributed by atoms with E-state index < -0.39 is 15.2 Å². The van der Waals surface area contributed by atoms with Crippen molar-refractivity contribution in [3.8, 4) is 0 Å². The van der Waals surface area contributed by atoms with E-state index in [0.717, 1.165) is 0 Å². The van der Waals surface area contributed by atoms with E-state index in [4.69, 9.17) is 8.97 Å². The second-order valence-electron chi connectivity index (χ2n) is 3.07. The van der Waals surface area contributed by atoms with Gasteiger partial charge in [-0.3, -0.25) is 9.54 Å². The molecule has 0 aliphatic rings. The van der Waals surface area contributed by atoms with Crippen molar-refractivity contribution in [2.24, 2.45) is 0 Å². The Labute approximate surface area is 99.9 Å². The van der Waals surface area contributed by atoms with E-state index in [2.05, 4.69) is 4.98 Å². The van der Waals surface area contributed by atoms with Crippen LogP contribution in [0.2, 0.25) is 0 Å². The number of hydrogen-bond donors (Lipinski definition) is 1. The summed E-state index contributed by atoms with van der Waals surface area (Å²) in [4.78, 5) is 3.78. The highest BCUT2D eigenvalue weighted by atomic mass is 32.2. The van der Waals surface area contributed by atoms with Crippen LogP contribution in [0.5, 0.6) is 0 Å². The number of hydrogen-bond acceptors (Lipinski definition) is 4. The fourth-order valence-electron chi connectivity index (χ4n) is 0.999. The van der Waals surface area contributed by atoms with Crippen LogP contribution in [0.3, 0.4) is 0 Å². The molecule has 0 saturated carbocycles. The van der Waals surface area contributed by atoms with Gasteiger partial charge in [-0.2, -0.15) is 8.42 Å². The molecule has 0 saturated heterocycles. The maximum Gasteiger partial charge on any atom is 0.328 e. The highest BCUT2D eigenvalue weighted by Crippen LogP contribution is 2.13. The molecule has 2 aromatic heterocycles. The molecule has 0 aromatic carbocycles. The molecule has 6 heteroatoms. The summed E-state index contributed by atoms with van der Waals surface area (Å²) in [5.41, 5.74) is 0. The Kier molecular flexibility index (Phi) is 4.86. The smallest absolute Gasteiger partial charge is 0.328 e.